The van der Waals surface area contributed by atoms with Gasteiger partial charge in [-0.1, -0.05) is 48.5 Å². The first kappa shape index (κ1) is 22.9. The van der Waals surface area contributed by atoms with Gasteiger partial charge in [-0.25, -0.2) is 4.79 Å². The maximum Gasteiger partial charge on any atom is 0.330 e. The molecule has 0 fully saturated rings. The molecule has 0 saturated carbocycles. The zero-order valence-electron chi connectivity index (χ0n) is 18.1. The lowest BCUT2D eigenvalue weighted by molar-refractivity contribution is -0.134. The van der Waals surface area contributed by atoms with E-state index in [1.165, 1.54) is 20.3 Å². The minimum Gasteiger partial charge on any atom is -0.493 e. The SMILES string of the molecule is COC(=O)/C=C/c1ccc(OCC(O)COc2ccc(-c3ccccc3)cc2)c(OC)c1. The minimum atomic E-state index is -0.826. The number of carbonyl (C=O) groups is 1. The third kappa shape index (κ3) is 6.62. The smallest absolute Gasteiger partial charge is 0.330 e. The molecule has 3 aromatic carbocycles. The second-order valence-electron chi connectivity index (χ2n) is 6.93. The lowest BCUT2D eigenvalue weighted by Gasteiger charge is -2.16. The molecule has 0 radical (unpaired) electrons. The van der Waals surface area contributed by atoms with Crippen molar-refractivity contribution in [1.29, 1.82) is 0 Å². The molecule has 0 saturated heterocycles. The van der Waals surface area contributed by atoms with Gasteiger partial charge in [-0.15, -0.1) is 0 Å². The second kappa shape index (κ2) is 11.6. The Morgan fingerprint density at radius 3 is 2.25 bits per heavy atom. The molecule has 0 amide bonds. The monoisotopic (exact) mass is 434 g/mol. The van der Waals surface area contributed by atoms with E-state index >= 15 is 0 Å². The average molecular weight is 434 g/mol. The van der Waals surface area contributed by atoms with Crippen LogP contribution in [0.1, 0.15) is 5.56 Å². The number of esters is 1. The van der Waals surface area contributed by atoms with Gasteiger partial charge in [0.25, 0.3) is 0 Å². The molecule has 0 aliphatic heterocycles. The van der Waals surface area contributed by atoms with E-state index in [4.69, 9.17) is 14.2 Å². The summed E-state index contributed by atoms with van der Waals surface area (Å²) in [5, 5.41) is 10.2. The first-order valence-electron chi connectivity index (χ1n) is 10.1. The van der Waals surface area contributed by atoms with Crippen LogP contribution in [0.25, 0.3) is 17.2 Å². The highest BCUT2D eigenvalue weighted by Crippen LogP contribution is 2.29. The van der Waals surface area contributed by atoms with E-state index in [0.717, 1.165) is 16.7 Å². The maximum atomic E-state index is 11.2. The molecule has 1 atom stereocenters. The highest BCUT2D eigenvalue weighted by Gasteiger charge is 2.11. The highest BCUT2D eigenvalue weighted by atomic mass is 16.5. The fourth-order valence-corrected chi connectivity index (χ4v) is 2.94. The van der Waals surface area contributed by atoms with Crippen LogP contribution in [0.2, 0.25) is 0 Å². The molecule has 1 unspecified atom stereocenters. The summed E-state index contributed by atoms with van der Waals surface area (Å²) in [6, 6.07) is 23.0. The summed E-state index contributed by atoms with van der Waals surface area (Å²) in [7, 11) is 2.84. The van der Waals surface area contributed by atoms with Crippen LogP contribution in [-0.4, -0.2) is 44.6 Å². The van der Waals surface area contributed by atoms with Crippen molar-refractivity contribution >= 4 is 12.0 Å². The number of benzene rings is 3. The Kier molecular flexibility index (Phi) is 8.29. The molecular weight excluding hydrogens is 408 g/mol. The van der Waals surface area contributed by atoms with E-state index in [0.29, 0.717) is 17.2 Å². The van der Waals surface area contributed by atoms with Crippen molar-refractivity contribution in [3.05, 3.63) is 84.4 Å². The Balaban J connectivity index is 1.50. The van der Waals surface area contributed by atoms with E-state index in [2.05, 4.69) is 4.74 Å². The number of aliphatic hydroxyl groups is 1. The Morgan fingerprint density at radius 1 is 0.875 bits per heavy atom. The van der Waals surface area contributed by atoms with Gasteiger partial charge in [0.2, 0.25) is 0 Å². The Hall–Kier alpha value is -3.77. The van der Waals surface area contributed by atoms with Crippen LogP contribution in [-0.2, 0) is 9.53 Å². The highest BCUT2D eigenvalue weighted by molar-refractivity contribution is 5.87. The number of carbonyl (C=O) groups excluding carboxylic acids is 1. The van der Waals surface area contributed by atoms with Gasteiger partial charge in [0.05, 0.1) is 14.2 Å². The lowest BCUT2D eigenvalue weighted by atomic mass is 10.1. The molecule has 0 bridgehead atoms. The maximum absolute atomic E-state index is 11.2. The molecule has 166 valence electrons. The van der Waals surface area contributed by atoms with E-state index in [9.17, 15) is 9.90 Å². The molecule has 0 aliphatic rings. The normalized spacial score (nSPS) is 11.7. The first-order chi connectivity index (χ1) is 15.6. The molecule has 6 heteroatoms. The molecule has 32 heavy (non-hydrogen) atoms. The van der Waals surface area contributed by atoms with Crippen molar-refractivity contribution in [2.45, 2.75) is 6.10 Å². The number of hydrogen-bond acceptors (Lipinski definition) is 6. The molecule has 3 rings (SSSR count). The summed E-state index contributed by atoms with van der Waals surface area (Å²) < 4.78 is 21.3. The predicted molar refractivity (Wildman–Crippen MR) is 123 cm³/mol. The molecule has 0 aliphatic carbocycles. The molecular formula is C26H26O6. The van der Waals surface area contributed by atoms with Gasteiger partial charge in [-0.05, 0) is 47.0 Å². The molecule has 0 spiro atoms. The third-order valence-electron chi connectivity index (χ3n) is 4.64. The first-order valence-corrected chi connectivity index (χ1v) is 10.1. The summed E-state index contributed by atoms with van der Waals surface area (Å²) in [6.45, 7) is 0.128. The second-order valence-corrected chi connectivity index (χ2v) is 6.93. The van der Waals surface area contributed by atoms with Crippen molar-refractivity contribution in [2.24, 2.45) is 0 Å². The van der Waals surface area contributed by atoms with Gasteiger partial charge in [0.1, 0.15) is 25.1 Å². The number of rotatable bonds is 10. The fraction of sp³-hybridized carbons (Fsp3) is 0.192. The van der Waals surface area contributed by atoms with E-state index in [-0.39, 0.29) is 13.2 Å². The zero-order chi connectivity index (χ0) is 22.8. The number of hydrogen-bond donors (Lipinski definition) is 1. The minimum absolute atomic E-state index is 0.0375. The van der Waals surface area contributed by atoms with Crippen LogP contribution in [0, 0.1) is 0 Å². The predicted octanol–water partition coefficient (Wildman–Crippen LogP) is 4.37. The molecule has 1 N–H and O–H groups in total. The van der Waals surface area contributed by atoms with E-state index < -0.39 is 12.1 Å². The Bertz CT molecular complexity index is 1030. The number of methoxy groups -OCH3 is 2. The van der Waals surface area contributed by atoms with Crippen LogP contribution >= 0.6 is 0 Å². The van der Waals surface area contributed by atoms with Crippen LogP contribution in [0.5, 0.6) is 17.2 Å². The molecule has 0 heterocycles. The molecule has 0 aromatic heterocycles. The van der Waals surface area contributed by atoms with Gasteiger partial charge in [0, 0.05) is 6.08 Å². The van der Waals surface area contributed by atoms with Crippen LogP contribution in [0.4, 0.5) is 0 Å². The third-order valence-corrected chi connectivity index (χ3v) is 4.64. The van der Waals surface area contributed by atoms with Crippen molar-refractivity contribution < 1.29 is 28.8 Å². The largest absolute Gasteiger partial charge is 0.493 e. The Labute approximate surface area is 187 Å². The van der Waals surface area contributed by atoms with Gasteiger partial charge < -0.3 is 24.1 Å². The molecule has 3 aromatic rings. The standard InChI is InChI=1S/C26H26O6/c1-29-25-16-19(9-15-26(28)30-2)8-14-24(25)32-18-22(27)17-31-23-12-10-21(11-13-23)20-6-4-3-5-7-20/h3-16,22,27H,17-18H2,1-2H3/b15-9+. The zero-order valence-corrected chi connectivity index (χ0v) is 18.1. The summed E-state index contributed by atoms with van der Waals surface area (Å²) in [4.78, 5) is 11.2. The van der Waals surface area contributed by atoms with Crippen molar-refractivity contribution in [2.75, 3.05) is 27.4 Å². The van der Waals surface area contributed by atoms with Crippen molar-refractivity contribution in [3.63, 3.8) is 0 Å². The van der Waals surface area contributed by atoms with Gasteiger partial charge in [-0.3, -0.25) is 0 Å². The van der Waals surface area contributed by atoms with E-state index in [1.807, 2.05) is 54.6 Å². The van der Waals surface area contributed by atoms with Crippen molar-refractivity contribution in [3.8, 4) is 28.4 Å². The fourth-order valence-electron chi connectivity index (χ4n) is 2.94. The Morgan fingerprint density at radius 2 is 1.56 bits per heavy atom. The number of ether oxygens (including phenoxy) is 4. The lowest BCUT2D eigenvalue weighted by Crippen LogP contribution is -2.25. The summed E-state index contributed by atoms with van der Waals surface area (Å²) in [5.41, 5.74) is 2.98. The quantitative estimate of drug-likeness (QED) is 0.377. The average Bonchev–Trinajstić information content (AvgIpc) is 2.85. The van der Waals surface area contributed by atoms with Gasteiger partial charge in [-0.2, -0.15) is 0 Å². The summed E-state index contributed by atoms with van der Waals surface area (Å²) >= 11 is 0. The summed E-state index contributed by atoms with van der Waals surface area (Å²) in [5.74, 6) is 1.20. The van der Waals surface area contributed by atoms with Gasteiger partial charge in [0.15, 0.2) is 11.5 Å². The van der Waals surface area contributed by atoms with Crippen LogP contribution < -0.4 is 14.2 Å². The van der Waals surface area contributed by atoms with Crippen LogP contribution in [0.3, 0.4) is 0 Å². The molecule has 6 nitrogen and oxygen atoms in total. The van der Waals surface area contributed by atoms with E-state index in [1.54, 1.807) is 24.3 Å². The topological polar surface area (TPSA) is 74.2 Å². The summed E-state index contributed by atoms with van der Waals surface area (Å²) in [6.07, 6.45) is 2.11. The van der Waals surface area contributed by atoms with Crippen LogP contribution in [0.15, 0.2) is 78.9 Å². The number of aliphatic hydroxyl groups excluding tert-OH is 1. The van der Waals surface area contributed by atoms with Gasteiger partial charge >= 0.3 is 5.97 Å². The van der Waals surface area contributed by atoms with Crippen molar-refractivity contribution in [1.82, 2.24) is 0 Å².